The van der Waals surface area contributed by atoms with Gasteiger partial charge in [-0.05, 0) is 66.7 Å². The van der Waals surface area contributed by atoms with Crippen LogP contribution in [0.5, 0.6) is 0 Å². The van der Waals surface area contributed by atoms with E-state index in [-0.39, 0.29) is 0 Å². The molecule has 4 nitrogen and oxygen atoms in total. The van der Waals surface area contributed by atoms with E-state index in [2.05, 4.69) is 26.6 Å². The first kappa shape index (κ1) is 13.9. The van der Waals surface area contributed by atoms with Gasteiger partial charge in [-0.1, -0.05) is 6.07 Å². The second-order valence-corrected chi connectivity index (χ2v) is 6.78. The molecule has 20 heavy (non-hydrogen) atoms. The fraction of sp³-hybridized carbons (Fsp3) is 0.533. The smallest absolute Gasteiger partial charge is 0.251 e. The van der Waals surface area contributed by atoms with Gasteiger partial charge >= 0.3 is 0 Å². The monoisotopic (exact) mass is 337 g/mol. The van der Waals surface area contributed by atoms with Crippen molar-refractivity contribution in [3.8, 4) is 0 Å². The predicted molar refractivity (Wildman–Crippen MR) is 83.9 cm³/mol. The Hall–Kier alpha value is -1.07. The number of carbonyl (C=O) groups is 1. The van der Waals surface area contributed by atoms with Crippen molar-refractivity contribution in [1.82, 2.24) is 5.32 Å². The Morgan fingerprint density at radius 1 is 1.45 bits per heavy atom. The molecule has 0 radical (unpaired) electrons. The Morgan fingerprint density at radius 3 is 2.90 bits per heavy atom. The van der Waals surface area contributed by atoms with E-state index < -0.39 is 5.91 Å². The Kier molecular flexibility index (Phi) is 3.73. The number of carbonyl (C=O) groups excluding carboxylic acids is 1. The summed E-state index contributed by atoms with van der Waals surface area (Å²) in [6.07, 6.45) is 6.06. The molecule has 1 amide bonds. The summed E-state index contributed by atoms with van der Waals surface area (Å²) in [6, 6.07) is 6.12. The highest BCUT2D eigenvalue weighted by Gasteiger charge is 2.40. The third-order valence-electron chi connectivity index (χ3n) is 4.56. The number of amides is 1. The molecule has 1 unspecified atom stereocenters. The SMILES string of the molecule is NC(=O)c1c(Br)cccc1NC1CCNC2(CCC2)C1. The third-order valence-corrected chi connectivity index (χ3v) is 5.22. The Labute approximate surface area is 127 Å². The number of hydrogen-bond acceptors (Lipinski definition) is 3. The molecule has 2 fully saturated rings. The Morgan fingerprint density at radius 2 is 2.25 bits per heavy atom. The Balaban J connectivity index is 1.77. The van der Waals surface area contributed by atoms with E-state index in [0.29, 0.717) is 17.1 Å². The first-order chi connectivity index (χ1) is 9.60. The molecule has 1 aromatic carbocycles. The lowest BCUT2D eigenvalue weighted by molar-refractivity contribution is 0.1000. The van der Waals surface area contributed by atoms with Crippen LogP contribution in [0, 0.1) is 0 Å². The topological polar surface area (TPSA) is 67.2 Å². The number of nitrogens with two attached hydrogens (primary N) is 1. The zero-order chi connectivity index (χ0) is 14.2. The zero-order valence-corrected chi connectivity index (χ0v) is 13.0. The first-order valence-electron chi connectivity index (χ1n) is 7.20. The van der Waals surface area contributed by atoms with Crippen LogP contribution in [0.3, 0.4) is 0 Å². The zero-order valence-electron chi connectivity index (χ0n) is 11.4. The number of anilines is 1. The summed E-state index contributed by atoms with van der Waals surface area (Å²) < 4.78 is 0.752. The fourth-order valence-electron chi connectivity index (χ4n) is 3.38. The van der Waals surface area contributed by atoms with Gasteiger partial charge in [0.25, 0.3) is 5.91 Å². The lowest BCUT2D eigenvalue weighted by Crippen LogP contribution is -2.58. The molecule has 2 aliphatic rings. The lowest BCUT2D eigenvalue weighted by atomic mass is 9.70. The van der Waals surface area contributed by atoms with Crippen LogP contribution < -0.4 is 16.4 Å². The number of benzene rings is 1. The normalized spacial score (nSPS) is 24.1. The standard InChI is InChI=1S/C15H20BrN3O/c16-11-3-1-4-12(13(11)14(17)20)19-10-5-8-18-15(9-10)6-2-7-15/h1,3-4,10,18-19H,2,5-9H2,(H2,17,20). The molecule has 1 saturated carbocycles. The van der Waals surface area contributed by atoms with Gasteiger partial charge in [-0.15, -0.1) is 0 Å². The molecular weight excluding hydrogens is 318 g/mol. The number of nitrogens with one attached hydrogen (secondary N) is 2. The van der Waals surface area contributed by atoms with E-state index >= 15 is 0 Å². The molecule has 1 spiro atoms. The van der Waals surface area contributed by atoms with Crippen LogP contribution in [-0.4, -0.2) is 24.0 Å². The molecule has 4 N–H and O–H groups in total. The van der Waals surface area contributed by atoms with Crippen LogP contribution >= 0.6 is 15.9 Å². The van der Waals surface area contributed by atoms with Crippen molar-refractivity contribution in [2.45, 2.75) is 43.7 Å². The summed E-state index contributed by atoms with van der Waals surface area (Å²) in [5.74, 6) is -0.396. The van der Waals surface area contributed by atoms with Crippen molar-refractivity contribution in [2.75, 3.05) is 11.9 Å². The highest BCUT2D eigenvalue weighted by atomic mass is 79.9. The Bertz CT molecular complexity index is 528. The minimum Gasteiger partial charge on any atom is -0.382 e. The molecule has 5 heteroatoms. The maximum atomic E-state index is 11.6. The van der Waals surface area contributed by atoms with Gasteiger partial charge in [-0.3, -0.25) is 4.79 Å². The number of rotatable bonds is 3. The highest BCUT2D eigenvalue weighted by Crippen LogP contribution is 2.39. The van der Waals surface area contributed by atoms with Gasteiger partial charge in [-0.2, -0.15) is 0 Å². The summed E-state index contributed by atoms with van der Waals surface area (Å²) in [5, 5.41) is 7.18. The average Bonchev–Trinajstić information content (AvgIpc) is 2.37. The minimum atomic E-state index is -0.396. The quantitative estimate of drug-likeness (QED) is 0.794. The van der Waals surface area contributed by atoms with E-state index in [1.165, 1.54) is 19.3 Å². The number of piperidine rings is 1. The van der Waals surface area contributed by atoms with Gasteiger partial charge in [0.05, 0.1) is 5.56 Å². The van der Waals surface area contributed by atoms with Crippen molar-refractivity contribution in [3.05, 3.63) is 28.2 Å². The van der Waals surface area contributed by atoms with E-state index in [1.807, 2.05) is 18.2 Å². The van der Waals surface area contributed by atoms with Crippen LogP contribution in [0.2, 0.25) is 0 Å². The van der Waals surface area contributed by atoms with Gasteiger partial charge in [0, 0.05) is 21.7 Å². The number of halogens is 1. The van der Waals surface area contributed by atoms with Gasteiger partial charge in [0.1, 0.15) is 0 Å². The minimum absolute atomic E-state index is 0.342. The summed E-state index contributed by atoms with van der Waals surface area (Å²) in [4.78, 5) is 11.6. The van der Waals surface area contributed by atoms with E-state index in [9.17, 15) is 4.79 Å². The maximum Gasteiger partial charge on any atom is 0.251 e. The van der Waals surface area contributed by atoms with Gasteiger partial charge < -0.3 is 16.4 Å². The van der Waals surface area contributed by atoms with Gasteiger partial charge in [0.2, 0.25) is 0 Å². The van der Waals surface area contributed by atoms with Crippen molar-refractivity contribution in [1.29, 1.82) is 0 Å². The van der Waals surface area contributed by atoms with Crippen molar-refractivity contribution < 1.29 is 4.79 Å². The molecule has 1 heterocycles. The summed E-state index contributed by atoms with van der Waals surface area (Å²) in [7, 11) is 0. The van der Waals surface area contributed by atoms with Crippen LogP contribution in [0.25, 0.3) is 0 Å². The van der Waals surface area contributed by atoms with Crippen LogP contribution in [0.15, 0.2) is 22.7 Å². The van der Waals surface area contributed by atoms with Crippen LogP contribution in [0.4, 0.5) is 5.69 Å². The number of primary amides is 1. The molecule has 1 aromatic rings. The fourth-order valence-corrected chi connectivity index (χ4v) is 3.94. The van der Waals surface area contributed by atoms with Crippen molar-refractivity contribution >= 4 is 27.5 Å². The largest absolute Gasteiger partial charge is 0.382 e. The summed E-state index contributed by atoms with van der Waals surface area (Å²) >= 11 is 3.41. The molecule has 0 bridgehead atoms. The molecular formula is C15H20BrN3O. The predicted octanol–water partition coefficient (Wildman–Crippen LogP) is 2.63. The molecule has 1 atom stereocenters. The molecule has 3 rings (SSSR count). The molecule has 1 saturated heterocycles. The highest BCUT2D eigenvalue weighted by molar-refractivity contribution is 9.10. The summed E-state index contributed by atoms with van der Waals surface area (Å²) in [6.45, 7) is 1.04. The third kappa shape index (κ3) is 2.56. The average molecular weight is 338 g/mol. The van der Waals surface area contributed by atoms with Crippen LogP contribution in [-0.2, 0) is 0 Å². The van der Waals surface area contributed by atoms with E-state index in [0.717, 1.165) is 29.5 Å². The van der Waals surface area contributed by atoms with Gasteiger partial charge in [-0.25, -0.2) is 0 Å². The maximum absolute atomic E-state index is 11.6. The summed E-state index contributed by atoms with van der Waals surface area (Å²) in [5.41, 5.74) is 7.22. The molecule has 108 valence electrons. The second kappa shape index (κ2) is 5.37. The van der Waals surface area contributed by atoms with Crippen molar-refractivity contribution in [3.63, 3.8) is 0 Å². The van der Waals surface area contributed by atoms with E-state index in [1.54, 1.807) is 0 Å². The van der Waals surface area contributed by atoms with E-state index in [4.69, 9.17) is 5.73 Å². The first-order valence-corrected chi connectivity index (χ1v) is 7.99. The van der Waals surface area contributed by atoms with Gasteiger partial charge in [0.15, 0.2) is 0 Å². The van der Waals surface area contributed by atoms with Crippen molar-refractivity contribution in [2.24, 2.45) is 5.73 Å². The number of hydrogen-bond donors (Lipinski definition) is 3. The molecule has 1 aliphatic heterocycles. The second-order valence-electron chi connectivity index (χ2n) is 5.92. The molecule has 0 aromatic heterocycles. The van der Waals surface area contributed by atoms with Crippen LogP contribution in [0.1, 0.15) is 42.5 Å². The lowest BCUT2D eigenvalue weighted by Gasteiger charge is -2.48. The molecule has 1 aliphatic carbocycles.